The van der Waals surface area contributed by atoms with E-state index in [0.717, 1.165) is 24.8 Å². The molecule has 19 heavy (non-hydrogen) atoms. The molecule has 0 radical (unpaired) electrons. The van der Waals surface area contributed by atoms with E-state index in [4.69, 9.17) is 16.3 Å². The molecule has 1 N–H and O–H groups in total. The lowest BCUT2D eigenvalue weighted by Gasteiger charge is -2.39. The summed E-state index contributed by atoms with van der Waals surface area (Å²) in [7, 11) is 1.60. The minimum atomic E-state index is -0.731. The average molecular weight is 283 g/mol. The van der Waals surface area contributed by atoms with Crippen molar-refractivity contribution in [1.82, 2.24) is 0 Å². The highest BCUT2D eigenvalue weighted by molar-refractivity contribution is 6.32. The summed E-state index contributed by atoms with van der Waals surface area (Å²) < 4.78 is 5.25. The minimum Gasteiger partial charge on any atom is -0.495 e. The molecule has 0 aliphatic heterocycles. The van der Waals surface area contributed by atoms with Crippen molar-refractivity contribution in [3.63, 3.8) is 0 Å². The highest BCUT2D eigenvalue weighted by atomic mass is 35.5. The molecule has 0 spiro atoms. The van der Waals surface area contributed by atoms with Gasteiger partial charge in [0.2, 0.25) is 0 Å². The summed E-state index contributed by atoms with van der Waals surface area (Å²) in [5.74, 6) is 1.83. The van der Waals surface area contributed by atoms with Crippen LogP contribution in [0.1, 0.15) is 45.1 Å². The first-order chi connectivity index (χ1) is 8.96. The number of hydrogen-bond donors (Lipinski definition) is 1. The van der Waals surface area contributed by atoms with Crippen LogP contribution in [0.3, 0.4) is 0 Å². The summed E-state index contributed by atoms with van der Waals surface area (Å²) in [6, 6.07) is 5.62. The van der Waals surface area contributed by atoms with Crippen LogP contribution in [-0.4, -0.2) is 12.2 Å². The second kappa shape index (κ2) is 5.72. The normalized spacial score (nSPS) is 27.6. The molecule has 0 bridgehead atoms. The van der Waals surface area contributed by atoms with E-state index in [1.807, 2.05) is 18.2 Å². The third kappa shape index (κ3) is 3.06. The second-order valence-electron chi connectivity index (χ2n) is 5.98. The molecule has 2 unspecified atom stereocenters. The fraction of sp³-hybridized carbons (Fsp3) is 0.625. The van der Waals surface area contributed by atoms with Crippen molar-refractivity contribution in [3.8, 4) is 5.75 Å². The fourth-order valence-electron chi connectivity index (χ4n) is 3.08. The molecule has 0 aromatic heterocycles. The maximum absolute atomic E-state index is 11.0. The second-order valence-corrected chi connectivity index (χ2v) is 6.39. The molecule has 2 nitrogen and oxygen atoms in total. The van der Waals surface area contributed by atoms with Gasteiger partial charge >= 0.3 is 0 Å². The summed E-state index contributed by atoms with van der Waals surface area (Å²) in [6.07, 6.45) is 3.94. The van der Waals surface area contributed by atoms with Gasteiger partial charge in [0, 0.05) is 0 Å². The third-order valence-electron chi connectivity index (χ3n) is 4.40. The molecule has 1 aliphatic carbocycles. The number of methoxy groups -OCH3 is 1. The molecule has 1 aromatic rings. The molecular formula is C16H23ClO2. The average Bonchev–Trinajstić information content (AvgIpc) is 2.39. The van der Waals surface area contributed by atoms with Crippen molar-refractivity contribution in [2.24, 2.45) is 11.8 Å². The predicted octanol–water partition coefficient (Wildman–Crippen LogP) is 4.38. The monoisotopic (exact) mass is 282 g/mol. The molecule has 1 aliphatic rings. The highest BCUT2D eigenvalue weighted by Crippen LogP contribution is 2.43. The van der Waals surface area contributed by atoms with Crippen LogP contribution in [0.2, 0.25) is 5.02 Å². The van der Waals surface area contributed by atoms with Crippen LogP contribution < -0.4 is 4.74 Å². The van der Waals surface area contributed by atoms with Gasteiger partial charge < -0.3 is 9.84 Å². The summed E-state index contributed by atoms with van der Waals surface area (Å²) in [6.45, 7) is 4.47. The van der Waals surface area contributed by atoms with Crippen molar-refractivity contribution < 1.29 is 9.84 Å². The van der Waals surface area contributed by atoms with E-state index in [0.29, 0.717) is 22.6 Å². The number of halogens is 1. The summed E-state index contributed by atoms with van der Waals surface area (Å²) >= 11 is 6.05. The van der Waals surface area contributed by atoms with Crippen LogP contribution in [-0.2, 0) is 5.60 Å². The summed E-state index contributed by atoms with van der Waals surface area (Å²) in [5, 5.41) is 11.6. The number of ether oxygens (including phenoxy) is 1. The summed E-state index contributed by atoms with van der Waals surface area (Å²) in [5.41, 5.74) is 0.199. The predicted molar refractivity (Wildman–Crippen MR) is 78.7 cm³/mol. The first-order valence-electron chi connectivity index (χ1n) is 7.02. The van der Waals surface area contributed by atoms with Crippen LogP contribution in [0.4, 0.5) is 0 Å². The van der Waals surface area contributed by atoms with E-state index in [1.54, 1.807) is 7.11 Å². The van der Waals surface area contributed by atoms with Gasteiger partial charge in [-0.25, -0.2) is 0 Å². The van der Waals surface area contributed by atoms with Gasteiger partial charge in [0.05, 0.1) is 17.7 Å². The van der Waals surface area contributed by atoms with Crippen molar-refractivity contribution in [3.05, 3.63) is 28.8 Å². The Balaban J connectivity index is 2.28. The lowest BCUT2D eigenvalue weighted by Crippen LogP contribution is -2.34. The van der Waals surface area contributed by atoms with Crippen molar-refractivity contribution in [2.45, 2.75) is 45.1 Å². The molecule has 2 rings (SSSR count). The van der Waals surface area contributed by atoms with Crippen molar-refractivity contribution in [2.75, 3.05) is 7.11 Å². The molecule has 3 heteroatoms. The maximum atomic E-state index is 11.0. The molecule has 1 aromatic carbocycles. The number of benzene rings is 1. The van der Waals surface area contributed by atoms with Gasteiger partial charge in [-0.1, -0.05) is 31.5 Å². The van der Waals surface area contributed by atoms with E-state index in [1.165, 1.54) is 6.42 Å². The van der Waals surface area contributed by atoms with Crippen LogP contribution >= 0.6 is 11.6 Å². The number of rotatable bonds is 3. The van der Waals surface area contributed by atoms with Gasteiger partial charge in [0.15, 0.2) is 0 Å². The standard InChI is InChI=1S/C16H23ClO2/c1-11(2)12-5-4-8-16(18,10-12)13-6-7-14(17)15(9-13)19-3/h6-7,9,11-12,18H,4-5,8,10H2,1-3H3. The lowest BCUT2D eigenvalue weighted by molar-refractivity contribution is -0.0296. The smallest absolute Gasteiger partial charge is 0.137 e. The molecule has 0 saturated heterocycles. The maximum Gasteiger partial charge on any atom is 0.137 e. The van der Waals surface area contributed by atoms with Gasteiger partial charge in [-0.15, -0.1) is 0 Å². The Labute approximate surface area is 120 Å². The first-order valence-corrected chi connectivity index (χ1v) is 7.40. The van der Waals surface area contributed by atoms with Crippen LogP contribution in [0.25, 0.3) is 0 Å². The van der Waals surface area contributed by atoms with E-state index < -0.39 is 5.60 Å². The zero-order valence-corrected chi connectivity index (χ0v) is 12.7. The Morgan fingerprint density at radius 2 is 2.16 bits per heavy atom. The van der Waals surface area contributed by atoms with Gasteiger partial charge in [-0.3, -0.25) is 0 Å². The largest absolute Gasteiger partial charge is 0.495 e. The minimum absolute atomic E-state index is 0.584. The molecule has 0 heterocycles. The third-order valence-corrected chi connectivity index (χ3v) is 4.71. The topological polar surface area (TPSA) is 29.5 Å². The van der Waals surface area contributed by atoms with Gasteiger partial charge in [-0.2, -0.15) is 0 Å². The van der Waals surface area contributed by atoms with Gasteiger partial charge in [0.1, 0.15) is 5.75 Å². The zero-order valence-electron chi connectivity index (χ0n) is 11.9. The SMILES string of the molecule is COc1cc(C2(O)CCCC(C(C)C)C2)ccc1Cl. The Kier molecular flexibility index (Phi) is 4.42. The number of aliphatic hydroxyl groups is 1. The van der Waals surface area contributed by atoms with E-state index >= 15 is 0 Å². The highest BCUT2D eigenvalue weighted by Gasteiger charge is 2.37. The molecule has 0 amide bonds. The number of hydrogen-bond acceptors (Lipinski definition) is 2. The molecule has 1 fully saturated rings. The van der Waals surface area contributed by atoms with Crippen LogP contribution in [0, 0.1) is 11.8 Å². The Bertz CT molecular complexity index is 444. The summed E-state index contributed by atoms with van der Waals surface area (Å²) in [4.78, 5) is 0. The van der Waals surface area contributed by atoms with Crippen molar-refractivity contribution >= 4 is 11.6 Å². The van der Waals surface area contributed by atoms with E-state index in [2.05, 4.69) is 13.8 Å². The van der Waals surface area contributed by atoms with E-state index in [9.17, 15) is 5.11 Å². The zero-order chi connectivity index (χ0) is 14.0. The molecule has 1 saturated carbocycles. The molecular weight excluding hydrogens is 260 g/mol. The van der Waals surface area contributed by atoms with Crippen LogP contribution in [0.5, 0.6) is 5.75 Å². The first kappa shape index (κ1) is 14.7. The Morgan fingerprint density at radius 3 is 2.79 bits per heavy atom. The molecule has 106 valence electrons. The van der Waals surface area contributed by atoms with E-state index in [-0.39, 0.29) is 0 Å². The van der Waals surface area contributed by atoms with Crippen LogP contribution in [0.15, 0.2) is 18.2 Å². The lowest BCUT2D eigenvalue weighted by atomic mass is 9.71. The quantitative estimate of drug-likeness (QED) is 0.891. The fourth-order valence-corrected chi connectivity index (χ4v) is 3.27. The Hall–Kier alpha value is -0.730. The Morgan fingerprint density at radius 1 is 1.42 bits per heavy atom. The van der Waals surface area contributed by atoms with Crippen molar-refractivity contribution in [1.29, 1.82) is 0 Å². The van der Waals surface area contributed by atoms with Gasteiger partial charge in [0.25, 0.3) is 0 Å². The van der Waals surface area contributed by atoms with Gasteiger partial charge in [-0.05, 0) is 55.2 Å². The molecule has 2 atom stereocenters.